The van der Waals surface area contributed by atoms with Gasteiger partial charge in [-0.15, -0.1) is 0 Å². The summed E-state index contributed by atoms with van der Waals surface area (Å²) in [5.41, 5.74) is 1.18. The zero-order chi connectivity index (χ0) is 16.8. The molecule has 0 spiro atoms. The van der Waals surface area contributed by atoms with Crippen molar-refractivity contribution >= 4 is 5.91 Å². The molecule has 0 bridgehead atoms. The molecule has 0 radical (unpaired) electrons. The van der Waals surface area contributed by atoms with Crippen LogP contribution in [0.5, 0.6) is 5.75 Å². The second-order valence-corrected chi connectivity index (χ2v) is 7.16. The largest absolute Gasteiger partial charge is 0.496 e. The Bertz CT molecular complexity index is 534. The fraction of sp³-hybridized carbons (Fsp3) is 0.650. The molecular weight excluding hydrogens is 300 g/mol. The van der Waals surface area contributed by atoms with Crippen LogP contribution in [0, 0.1) is 5.92 Å². The van der Waals surface area contributed by atoms with Gasteiger partial charge in [0.2, 0.25) is 5.91 Å². The fourth-order valence-electron chi connectivity index (χ4n) is 4.19. The smallest absolute Gasteiger partial charge is 0.220 e. The number of benzene rings is 1. The lowest BCUT2D eigenvalue weighted by atomic mass is 10.0. The molecule has 1 N–H and O–H groups in total. The highest BCUT2D eigenvalue weighted by Gasteiger charge is 2.26. The quantitative estimate of drug-likeness (QED) is 0.831. The summed E-state index contributed by atoms with van der Waals surface area (Å²) in [7, 11) is 1.72. The molecule has 1 atom stereocenters. The molecule has 1 saturated carbocycles. The van der Waals surface area contributed by atoms with Gasteiger partial charge in [-0.05, 0) is 50.8 Å². The Balaban J connectivity index is 1.65. The first kappa shape index (κ1) is 17.3. The first-order chi connectivity index (χ1) is 11.8. The highest BCUT2D eigenvalue weighted by atomic mass is 16.5. The molecule has 0 aromatic heterocycles. The maximum absolute atomic E-state index is 12.3. The van der Waals surface area contributed by atoms with Gasteiger partial charge >= 0.3 is 0 Å². The Morgan fingerprint density at radius 2 is 1.92 bits per heavy atom. The van der Waals surface area contributed by atoms with Gasteiger partial charge in [0.25, 0.3) is 0 Å². The highest BCUT2D eigenvalue weighted by Crippen LogP contribution is 2.31. The van der Waals surface area contributed by atoms with Gasteiger partial charge in [0.1, 0.15) is 5.75 Å². The lowest BCUT2D eigenvalue weighted by Gasteiger charge is -2.29. The van der Waals surface area contributed by atoms with Crippen LogP contribution in [0.3, 0.4) is 0 Å². The molecule has 24 heavy (non-hydrogen) atoms. The van der Waals surface area contributed by atoms with Crippen molar-refractivity contribution in [1.82, 2.24) is 10.2 Å². The van der Waals surface area contributed by atoms with E-state index in [1.54, 1.807) is 7.11 Å². The number of carbonyl (C=O) groups is 1. The molecule has 1 aliphatic carbocycles. The minimum absolute atomic E-state index is 0.205. The predicted octanol–water partition coefficient (Wildman–Crippen LogP) is 3.53. The van der Waals surface area contributed by atoms with E-state index in [9.17, 15) is 4.79 Å². The molecule has 1 saturated heterocycles. The summed E-state index contributed by atoms with van der Waals surface area (Å²) >= 11 is 0. The Morgan fingerprint density at radius 1 is 1.21 bits per heavy atom. The van der Waals surface area contributed by atoms with Gasteiger partial charge in [-0.3, -0.25) is 9.69 Å². The first-order valence-corrected chi connectivity index (χ1v) is 9.41. The maximum Gasteiger partial charge on any atom is 0.220 e. The highest BCUT2D eigenvalue weighted by molar-refractivity contribution is 5.76. The van der Waals surface area contributed by atoms with Crippen molar-refractivity contribution in [3.63, 3.8) is 0 Å². The predicted molar refractivity (Wildman–Crippen MR) is 96.1 cm³/mol. The third kappa shape index (κ3) is 4.29. The first-order valence-electron chi connectivity index (χ1n) is 9.41. The molecular formula is C20H30N2O2. The summed E-state index contributed by atoms with van der Waals surface area (Å²) in [6, 6.07) is 8.41. The van der Waals surface area contributed by atoms with E-state index in [4.69, 9.17) is 4.74 Å². The average molecular weight is 330 g/mol. The lowest BCUT2D eigenvalue weighted by Crippen LogP contribution is -2.37. The van der Waals surface area contributed by atoms with Gasteiger partial charge in [0.05, 0.1) is 13.2 Å². The summed E-state index contributed by atoms with van der Waals surface area (Å²) in [6.45, 7) is 2.87. The lowest BCUT2D eigenvalue weighted by molar-refractivity contribution is -0.122. The van der Waals surface area contributed by atoms with Crippen LogP contribution in [0.4, 0.5) is 0 Å². The molecule has 1 aromatic carbocycles. The number of amides is 1. The van der Waals surface area contributed by atoms with Crippen molar-refractivity contribution in [2.45, 2.75) is 51.0 Å². The van der Waals surface area contributed by atoms with Gasteiger partial charge < -0.3 is 10.1 Å². The van der Waals surface area contributed by atoms with Crippen LogP contribution in [0.15, 0.2) is 24.3 Å². The summed E-state index contributed by atoms with van der Waals surface area (Å²) in [5, 5.41) is 3.20. The summed E-state index contributed by atoms with van der Waals surface area (Å²) in [6.07, 6.45) is 8.18. The number of rotatable bonds is 7. The molecule has 4 nitrogen and oxygen atoms in total. The van der Waals surface area contributed by atoms with Crippen LogP contribution < -0.4 is 10.1 Å². The van der Waals surface area contributed by atoms with Crippen LogP contribution in [0.2, 0.25) is 0 Å². The van der Waals surface area contributed by atoms with E-state index in [-0.39, 0.29) is 11.9 Å². The van der Waals surface area contributed by atoms with Crippen molar-refractivity contribution in [3.05, 3.63) is 29.8 Å². The van der Waals surface area contributed by atoms with Crippen molar-refractivity contribution < 1.29 is 9.53 Å². The van der Waals surface area contributed by atoms with Gasteiger partial charge in [0.15, 0.2) is 0 Å². The number of hydrogen-bond acceptors (Lipinski definition) is 3. The summed E-state index contributed by atoms with van der Waals surface area (Å²) in [4.78, 5) is 14.8. The Morgan fingerprint density at radius 3 is 2.62 bits per heavy atom. The Labute approximate surface area is 145 Å². The Hall–Kier alpha value is -1.55. The third-order valence-corrected chi connectivity index (χ3v) is 5.52. The van der Waals surface area contributed by atoms with Gasteiger partial charge in [-0.2, -0.15) is 0 Å². The van der Waals surface area contributed by atoms with Gasteiger partial charge in [-0.25, -0.2) is 0 Å². The van der Waals surface area contributed by atoms with Crippen LogP contribution in [0.25, 0.3) is 0 Å². The van der Waals surface area contributed by atoms with Crippen molar-refractivity contribution in [2.75, 3.05) is 26.7 Å². The number of carbonyl (C=O) groups excluding carboxylic acids is 1. The average Bonchev–Trinajstić information content (AvgIpc) is 3.29. The van der Waals surface area contributed by atoms with E-state index in [2.05, 4.69) is 22.3 Å². The monoisotopic (exact) mass is 330 g/mol. The summed E-state index contributed by atoms with van der Waals surface area (Å²) in [5.74, 6) is 1.72. The molecule has 2 aliphatic rings. The van der Waals surface area contributed by atoms with Crippen molar-refractivity contribution in [1.29, 1.82) is 0 Å². The zero-order valence-electron chi connectivity index (χ0n) is 14.8. The zero-order valence-corrected chi connectivity index (χ0v) is 14.8. The topological polar surface area (TPSA) is 41.6 Å². The SMILES string of the molecule is COc1ccccc1C(CNC(=O)CC1CCCC1)N1CCCC1. The van der Waals surface area contributed by atoms with E-state index in [0.717, 1.165) is 18.8 Å². The second kappa shape index (κ2) is 8.52. The van der Waals surface area contributed by atoms with Crippen LogP contribution in [0.1, 0.15) is 56.6 Å². The summed E-state index contributed by atoms with van der Waals surface area (Å²) < 4.78 is 5.56. The molecule has 1 aromatic rings. The molecule has 132 valence electrons. The number of likely N-dealkylation sites (tertiary alicyclic amines) is 1. The van der Waals surface area contributed by atoms with Crippen molar-refractivity contribution in [3.8, 4) is 5.75 Å². The minimum Gasteiger partial charge on any atom is -0.496 e. The maximum atomic E-state index is 12.3. The van der Waals surface area contributed by atoms with E-state index in [0.29, 0.717) is 18.9 Å². The number of hydrogen-bond donors (Lipinski definition) is 1. The van der Waals surface area contributed by atoms with Crippen LogP contribution in [-0.4, -0.2) is 37.6 Å². The van der Waals surface area contributed by atoms with Crippen molar-refractivity contribution in [2.24, 2.45) is 5.92 Å². The van der Waals surface area contributed by atoms with Gasteiger partial charge in [-0.1, -0.05) is 31.0 Å². The number of ether oxygens (including phenoxy) is 1. The molecule has 2 fully saturated rings. The molecule has 1 unspecified atom stereocenters. The van der Waals surface area contributed by atoms with E-state index >= 15 is 0 Å². The molecule has 4 heteroatoms. The van der Waals surface area contributed by atoms with E-state index < -0.39 is 0 Å². The van der Waals surface area contributed by atoms with Gasteiger partial charge in [0, 0.05) is 18.5 Å². The number of nitrogens with zero attached hydrogens (tertiary/aromatic N) is 1. The standard InChI is InChI=1S/C20H30N2O2/c1-24-19-11-5-4-10-17(19)18(22-12-6-7-13-22)15-21-20(23)14-16-8-2-3-9-16/h4-5,10-11,16,18H,2-3,6-9,12-15H2,1H3,(H,21,23). The fourth-order valence-corrected chi connectivity index (χ4v) is 4.19. The molecule has 3 rings (SSSR count). The molecule has 1 heterocycles. The number of methoxy groups -OCH3 is 1. The normalized spacial score (nSPS) is 20.2. The number of nitrogens with one attached hydrogen (secondary N) is 1. The third-order valence-electron chi connectivity index (χ3n) is 5.52. The van der Waals surface area contributed by atoms with E-state index in [1.165, 1.54) is 44.1 Å². The molecule has 1 amide bonds. The second-order valence-electron chi connectivity index (χ2n) is 7.16. The van der Waals surface area contributed by atoms with E-state index in [1.807, 2.05) is 12.1 Å². The van der Waals surface area contributed by atoms with Crippen LogP contribution >= 0.6 is 0 Å². The number of para-hydroxylation sites is 1. The molecule has 1 aliphatic heterocycles. The van der Waals surface area contributed by atoms with Crippen LogP contribution in [-0.2, 0) is 4.79 Å². The Kier molecular flexibility index (Phi) is 6.13. The minimum atomic E-state index is 0.205.